The summed E-state index contributed by atoms with van der Waals surface area (Å²) in [5, 5.41) is 5.35. The summed E-state index contributed by atoms with van der Waals surface area (Å²) in [4.78, 5) is 26.6. The van der Waals surface area contributed by atoms with Gasteiger partial charge in [0.1, 0.15) is 19.0 Å². The van der Waals surface area contributed by atoms with Gasteiger partial charge in [-0.3, -0.25) is 4.79 Å². The Balaban J connectivity index is 1.56. The Bertz CT molecular complexity index is 1430. The molecule has 1 atom stereocenters. The van der Waals surface area contributed by atoms with E-state index < -0.39 is 42.6 Å². The lowest BCUT2D eigenvalue weighted by molar-refractivity contribution is -0.121. The molecule has 2 N–H and O–H groups in total. The lowest BCUT2D eigenvalue weighted by Gasteiger charge is -2.33. The average Bonchev–Trinajstić information content (AvgIpc) is 2.84. The zero-order valence-corrected chi connectivity index (χ0v) is 21.7. The van der Waals surface area contributed by atoms with Gasteiger partial charge in [-0.15, -0.1) is 0 Å². The number of benzene rings is 3. The van der Waals surface area contributed by atoms with Crippen molar-refractivity contribution in [3.63, 3.8) is 0 Å². The number of hydrogen-bond donors (Lipinski definition) is 2. The molecule has 6 nitrogen and oxygen atoms in total. The Labute approximate surface area is 217 Å². The van der Waals surface area contributed by atoms with E-state index in [9.17, 15) is 18.5 Å². The van der Waals surface area contributed by atoms with Gasteiger partial charge in [0, 0.05) is 22.4 Å². The third-order valence-corrected chi connectivity index (χ3v) is 7.84. The zero-order valence-electron chi connectivity index (χ0n) is 20.0. The number of nitrogens with one attached hydrogen (secondary N) is 2. The van der Waals surface area contributed by atoms with E-state index in [1.54, 1.807) is 37.6 Å². The van der Waals surface area contributed by atoms with Crippen molar-refractivity contribution in [2.45, 2.75) is 18.9 Å². The smallest absolute Gasteiger partial charge is 0.319 e. The molecule has 3 aromatic rings. The summed E-state index contributed by atoms with van der Waals surface area (Å²) in [7, 11) is -2.79. The summed E-state index contributed by atoms with van der Waals surface area (Å²) in [5.41, 5.74) is -0.149. The van der Waals surface area contributed by atoms with Gasteiger partial charge in [-0.2, -0.15) is 0 Å². The third kappa shape index (κ3) is 5.68. The maximum Gasteiger partial charge on any atom is 0.319 e. The molecule has 11 heteroatoms. The van der Waals surface area contributed by atoms with Crippen LogP contribution in [0.3, 0.4) is 0 Å². The number of carbonyl (C=O) groups is 2. The van der Waals surface area contributed by atoms with Crippen molar-refractivity contribution in [2.75, 3.05) is 30.1 Å². The number of rotatable bonds is 5. The van der Waals surface area contributed by atoms with Gasteiger partial charge in [0.15, 0.2) is 11.6 Å². The van der Waals surface area contributed by atoms with Gasteiger partial charge in [-0.25, -0.2) is 18.0 Å². The topological polar surface area (TPSA) is 78.5 Å². The van der Waals surface area contributed by atoms with Gasteiger partial charge in [0.05, 0.1) is 11.4 Å². The van der Waals surface area contributed by atoms with Crippen LogP contribution in [0.5, 0.6) is 0 Å². The van der Waals surface area contributed by atoms with Gasteiger partial charge >= 0.3 is 6.03 Å². The highest BCUT2D eigenvalue weighted by Crippen LogP contribution is 2.40. The molecule has 3 amide bonds. The molecule has 3 aromatic carbocycles. The van der Waals surface area contributed by atoms with Crippen LogP contribution in [0.2, 0.25) is 5.02 Å². The summed E-state index contributed by atoms with van der Waals surface area (Å²) < 4.78 is 57.3. The lowest BCUT2D eigenvalue weighted by Crippen LogP contribution is -2.53. The van der Waals surface area contributed by atoms with Gasteiger partial charge < -0.3 is 20.1 Å². The van der Waals surface area contributed by atoms with Crippen molar-refractivity contribution < 1.29 is 27.3 Å². The van der Waals surface area contributed by atoms with Crippen LogP contribution < -0.4 is 20.8 Å². The molecular formula is C26H24ClF3N3O3P. The Morgan fingerprint density at radius 3 is 2.46 bits per heavy atom. The van der Waals surface area contributed by atoms with Gasteiger partial charge in [0.2, 0.25) is 5.91 Å². The Kier molecular flexibility index (Phi) is 7.67. The summed E-state index contributed by atoms with van der Waals surface area (Å²) >= 11 is 5.71. The van der Waals surface area contributed by atoms with E-state index >= 15 is 8.78 Å². The number of hydrogen-bond acceptors (Lipinski definition) is 3. The van der Waals surface area contributed by atoms with E-state index in [1.165, 1.54) is 24.3 Å². The number of amides is 3. The molecule has 0 aliphatic carbocycles. The minimum atomic E-state index is -2.79. The normalized spacial score (nSPS) is 16.0. The highest BCUT2D eigenvalue weighted by atomic mass is 35.5. The lowest BCUT2D eigenvalue weighted by atomic mass is 10.0. The largest absolute Gasteiger partial charge is 0.326 e. The van der Waals surface area contributed by atoms with E-state index in [1.807, 2.05) is 0 Å². The fourth-order valence-electron chi connectivity index (χ4n) is 4.28. The van der Waals surface area contributed by atoms with Gasteiger partial charge in [-0.1, -0.05) is 35.9 Å². The molecule has 4 rings (SSSR count). The first-order valence-corrected chi connectivity index (χ1v) is 14.4. The molecule has 0 saturated carbocycles. The van der Waals surface area contributed by atoms with E-state index in [4.69, 9.17) is 11.6 Å². The van der Waals surface area contributed by atoms with E-state index in [0.29, 0.717) is 17.3 Å². The maximum absolute atomic E-state index is 15.3. The fourth-order valence-corrected chi connectivity index (χ4v) is 5.66. The highest BCUT2D eigenvalue weighted by molar-refractivity contribution is 7.70. The molecule has 1 heterocycles. The average molecular weight is 550 g/mol. The summed E-state index contributed by atoms with van der Waals surface area (Å²) in [6.07, 6.45) is 0.677. The van der Waals surface area contributed by atoms with Crippen molar-refractivity contribution in [1.29, 1.82) is 0 Å². The first-order valence-electron chi connectivity index (χ1n) is 11.4. The van der Waals surface area contributed by atoms with Crippen LogP contribution in [0.25, 0.3) is 11.1 Å². The van der Waals surface area contributed by atoms with E-state index in [2.05, 4.69) is 10.6 Å². The quantitative estimate of drug-likeness (QED) is 0.384. The molecule has 0 aromatic heterocycles. The van der Waals surface area contributed by atoms with Crippen LogP contribution in [-0.4, -0.2) is 37.9 Å². The minimum absolute atomic E-state index is 0.0655. The molecule has 194 valence electrons. The summed E-state index contributed by atoms with van der Waals surface area (Å²) in [5.74, 6) is -3.77. The van der Waals surface area contributed by atoms with Crippen LogP contribution in [-0.2, 0) is 9.36 Å². The molecule has 1 saturated heterocycles. The molecule has 1 unspecified atom stereocenters. The summed E-state index contributed by atoms with van der Waals surface area (Å²) in [6.45, 7) is 3.22. The summed E-state index contributed by atoms with van der Waals surface area (Å²) in [6, 6.07) is 11.0. The molecule has 0 spiro atoms. The van der Waals surface area contributed by atoms with Crippen molar-refractivity contribution in [3.05, 3.63) is 77.1 Å². The second kappa shape index (κ2) is 10.6. The van der Waals surface area contributed by atoms with E-state index in [-0.39, 0.29) is 34.9 Å². The molecule has 1 aliphatic rings. The molecule has 1 aliphatic heterocycles. The monoisotopic (exact) mass is 549 g/mol. The predicted molar refractivity (Wildman–Crippen MR) is 140 cm³/mol. The minimum Gasteiger partial charge on any atom is -0.326 e. The number of carbonyl (C=O) groups excluding carboxylic acids is 2. The highest BCUT2D eigenvalue weighted by Gasteiger charge is 2.33. The first kappa shape index (κ1) is 26.8. The predicted octanol–water partition coefficient (Wildman–Crippen LogP) is 5.99. The SMILES string of the molecule is CP(C)(=O)c1ccccc1-c1ccc(N2CCCC(NC(=O)Nc3ccc(Cl)cc3F)C2=O)c(F)c1F. The number of urea groups is 1. The first-order chi connectivity index (χ1) is 17.5. The Morgan fingerprint density at radius 1 is 1.03 bits per heavy atom. The molecule has 1 fully saturated rings. The van der Waals surface area contributed by atoms with Crippen molar-refractivity contribution in [2.24, 2.45) is 0 Å². The van der Waals surface area contributed by atoms with Crippen molar-refractivity contribution in [3.8, 4) is 11.1 Å². The van der Waals surface area contributed by atoms with Crippen LogP contribution in [0.15, 0.2) is 54.6 Å². The third-order valence-electron chi connectivity index (χ3n) is 6.05. The number of nitrogens with zero attached hydrogens (tertiary/aromatic N) is 1. The second-order valence-electron chi connectivity index (χ2n) is 9.04. The van der Waals surface area contributed by atoms with E-state index in [0.717, 1.165) is 11.0 Å². The van der Waals surface area contributed by atoms with Gasteiger partial charge in [0.25, 0.3) is 0 Å². The Morgan fingerprint density at radius 2 is 1.76 bits per heavy atom. The van der Waals surface area contributed by atoms with Crippen molar-refractivity contribution in [1.82, 2.24) is 5.32 Å². The fraction of sp³-hybridized carbons (Fsp3) is 0.231. The maximum atomic E-state index is 15.3. The number of halogens is 4. The van der Waals surface area contributed by atoms with Crippen LogP contribution in [0.4, 0.5) is 29.3 Å². The second-order valence-corrected chi connectivity index (χ2v) is 12.7. The molecule has 37 heavy (non-hydrogen) atoms. The number of piperidine rings is 1. The zero-order chi connectivity index (χ0) is 26.9. The molecule has 0 bridgehead atoms. The number of anilines is 2. The van der Waals surface area contributed by atoms with Crippen molar-refractivity contribution >= 4 is 47.4 Å². The van der Waals surface area contributed by atoms with Gasteiger partial charge in [-0.05, 0) is 62.1 Å². The van der Waals surface area contributed by atoms with Crippen LogP contribution in [0, 0.1) is 17.5 Å². The van der Waals surface area contributed by atoms with Crippen LogP contribution >= 0.6 is 18.7 Å². The standard InChI is InChI=1S/C26H24ClF3N3O3P/c1-37(2,36)22-8-4-3-6-16(22)17-10-12-21(24(30)23(17)29)33-13-5-7-20(25(33)34)32-26(35)31-19-11-9-15(27)14-18(19)28/h3-4,6,8-12,14,20H,5,7,13H2,1-2H3,(H2,31,32,35). The molecular weight excluding hydrogens is 526 g/mol. The Hall–Kier alpha value is -3.29. The molecule has 0 radical (unpaired) electrons. The van der Waals surface area contributed by atoms with Crippen LogP contribution in [0.1, 0.15) is 12.8 Å².